The Hall–Kier alpha value is -1.14. The summed E-state index contributed by atoms with van der Waals surface area (Å²) in [5.74, 6) is -0.859. The van der Waals surface area contributed by atoms with Crippen LogP contribution in [0.3, 0.4) is 0 Å². The Morgan fingerprint density at radius 2 is 1.88 bits per heavy atom. The first-order chi connectivity index (χ1) is 7.54. The van der Waals surface area contributed by atoms with Gasteiger partial charge in [0.1, 0.15) is 6.10 Å². The number of carbonyl (C=O) groups excluding carboxylic acids is 1. The number of ether oxygens (including phenoxy) is 1. The van der Waals surface area contributed by atoms with Crippen LogP contribution in [0, 0.1) is 0 Å². The molecule has 0 aromatic rings. The number of methoxy groups -OCH3 is 1. The minimum absolute atomic E-state index is 0.0301. The highest BCUT2D eigenvalue weighted by molar-refractivity contribution is 5.80. The van der Waals surface area contributed by atoms with Crippen molar-refractivity contribution in [3.05, 3.63) is 0 Å². The van der Waals surface area contributed by atoms with E-state index in [1.807, 2.05) is 4.90 Å². The third kappa shape index (κ3) is 3.46. The molecule has 1 fully saturated rings. The summed E-state index contributed by atoms with van der Waals surface area (Å²) >= 11 is 0. The van der Waals surface area contributed by atoms with Crippen LogP contribution in [0.2, 0.25) is 0 Å². The molecule has 1 N–H and O–H groups in total. The normalized spacial score (nSPS) is 19.5. The molecule has 1 heterocycles. The molecule has 1 amide bonds. The molecule has 0 radical (unpaired) electrons. The second-order valence-electron chi connectivity index (χ2n) is 3.87. The van der Waals surface area contributed by atoms with Gasteiger partial charge in [-0.3, -0.25) is 14.5 Å². The number of hydrogen-bond acceptors (Lipinski definition) is 4. The number of rotatable bonds is 4. The van der Waals surface area contributed by atoms with Crippen molar-refractivity contribution in [2.75, 3.05) is 39.8 Å². The van der Waals surface area contributed by atoms with Crippen LogP contribution in [-0.4, -0.2) is 72.7 Å². The van der Waals surface area contributed by atoms with Crippen molar-refractivity contribution in [2.45, 2.75) is 13.0 Å². The van der Waals surface area contributed by atoms with Gasteiger partial charge in [-0.15, -0.1) is 0 Å². The van der Waals surface area contributed by atoms with Crippen LogP contribution < -0.4 is 0 Å². The molecule has 6 nitrogen and oxygen atoms in total. The van der Waals surface area contributed by atoms with Gasteiger partial charge in [-0.05, 0) is 6.92 Å². The number of carboxylic acids is 1. The zero-order chi connectivity index (χ0) is 12.1. The van der Waals surface area contributed by atoms with Gasteiger partial charge in [0, 0.05) is 33.3 Å². The highest BCUT2D eigenvalue weighted by Crippen LogP contribution is 2.05. The topological polar surface area (TPSA) is 70.1 Å². The Bertz CT molecular complexity index is 262. The van der Waals surface area contributed by atoms with E-state index in [-0.39, 0.29) is 12.5 Å². The molecule has 1 saturated heterocycles. The van der Waals surface area contributed by atoms with Crippen molar-refractivity contribution in [1.82, 2.24) is 9.80 Å². The van der Waals surface area contributed by atoms with Gasteiger partial charge in [0.2, 0.25) is 0 Å². The Labute approximate surface area is 94.8 Å². The van der Waals surface area contributed by atoms with Crippen LogP contribution in [0.1, 0.15) is 6.92 Å². The number of carbonyl (C=O) groups is 2. The zero-order valence-electron chi connectivity index (χ0n) is 9.68. The van der Waals surface area contributed by atoms with Gasteiger partial charge in [-0.1, -0.05) is 0 Å². The molecule has 1 unspecified atom stereocenters. The molecule has 0 bridgehead atoms. The molecule has 16 heavy (non-hydrogen) atoms. The standard InChI is InChI=1S/C10H18N2O4/c1-8(16-2)10(15)12-5-3-11(4-6-12)7-9(13)14/h8H,3-7H2,1-2H3,(H,13,14). The van der Waals surface area contributed by atoms with E-state index in [1.165, 1.54) is 7.11 Å². The quantitative estimate of drug-likeness (QED) is 0.688. The average molecular weight is 230 g/mol. The molecule has 0 aromatic heterocycles. The van der Waals surface area contributed by atoms with Crippen molar-refractivity contribution in [1.29, 1.82) is 0 Å². The Morgan fingerprint density at radius 1 is 1.31 bits per heavy atom. The monoisotopic (exact) mass is 230 g/mol. The first-order valence-electron chi connectivity index (χ1n) is 5.30. The Morgan fingerprint density at radius 3 is 2.31 bits per heavy atom. The third-order valence-electron chi connectivity index (χ3n) is 2.74. The molecule has 0 spiro atoms. The van der Waals surface area contributed by atoms with E-state index >= 15 is 0 Å². The maximum atomic E-state index is 11.7. The van der Waals surface area contributed by atoms with Crippen LogP contribution in [0.4, 0.5) is 0 Å². The van der Waals surface area contributed by atoms with Gasteiger partial charge in [0.05, 0.1) is 6.54 Å². The predicted molar refractivity (Wildman–Crippen MR) is 57.1 cm³/mol. The lowest BCUT2D eigenvalue weighted by atomic mass is 10.2. The Kier molecular flexibility index (Phi) is 4.70. The molecular weight excluding hydrogens is 212 g/mol. The van der Waals surface area contributed by atoms with Gasteiger partial charge in [0.15, 0.2) is 0 Å². The first-order valence-corrected chi connectivity index (χ1v) is 5.30. The lowest BCUT2D eigenvalue weighted by molar-refractivity contribution is -0.143. The number of hydrogen-bond donors (Lipinski definition) is 1. The Balaban J connectivity index is 2.37. The second kappa shape index (κ2) is 5.81. The SMILES string of the molecule is COC(C)C(=O)N1CCN(CC(=O)O)CC1. The van der Waals surface area contributed by atoms with Gasteiger partial charge < -0.3 is 14.7 Å². The molecule has 1 aliphatic heterocycles. The van der Waals surface area contributed by atoms with Crippen molar-refractivity contribution >= 4 is 11.9 Å². The second-order valence-corrected chi connectivity index (χ2v) is 3.87. The highest BCUT2D eigenvalue weighted by Gasteiger charge is 2.25. The number of aliphatic carboxylic acids is 1. The molecule has 0 saturated carbocycles. The largest absolute Gasteiger partial charge is 0.480 e. The van der Waals surface area contributed by atoms with Crippen LogP contribution in [0.5, 0.6) is 0 Å². The highest BCUT2D eigenvalue weighted by atomic mass is 16.5. The van der Waals surface area contributed by atoms with Gasteiger partial charge in [-0.2, -0.15) is 0 Å². The first kappa shape index (κ1) is 12.9. The maximum Gasteiger partial charge on any atom is 0.317 e. The van der Waals surface area contributed by atoms with E-state index in [4.69, 9.17) is 9.84 Å². The molecule has 0 aliphatic carbocycles. The summed E-state index contributed by atoms with van der Waals surface area (Å²) < 4.78 is 4.96. The molecule has 92 valence electrons. The van der Waals surface area contributed by atoms with Crippen molar-refractivity contribution in [3.63, 3.8) is 0 Å². The van der Waals surface area contributed by atoms with Gasteiger partial charge in [0.25, 0.3) is 5.91 Å². The minimum atomic E-state index is -0.829. The lowest BCUT2D eigenvalue weighted by Crippen LogP contribution is -2.52. The molecule has 1 rings (SSSR count). The molecule has 1 aliphatic rings. The van der Waals surface area contributed by atoms with Crippen LogP contribution in [0.25, 0.3) is 0 Å². The number of amides is 1. The van der Waals surface area contributed by atoms with E-state index in [0.717, 1.165) is 0 Å². The van der Waals surface area contributed by atoms with E-state index in [2.05, 4.69) is 0 Å². The van der Waals surface area contributed by atoms with Crippen LogP contribution >= 0.6 is 0 Å². The van der Waals surface area contributed by atoms with Crippen molar-refractivity contribution in [3.8, 4) is 0 Å². The number of piperazine rings is 1. The summed E-state index contributed by atoms with van der Waals surface area (Å²) in [6.07, 6.45) is -0.425. The van der Waals surface area contributed by atoms with Crippen LogP contribution in [0.15, 0.2) is 0 Å². The predicted octanol–water partition coefficient (Wildman–Crippen LogP) is -0.750. The van der Waals surface area contributed by atoms with E-state index < -0.39 is 12.1 Å². The lowest BCUT2D eigenvalue weighted by Gasteiger charge is -2.34. The molecule has 0 aromatic carbocycles. The maximum absolute atomic E-state index is 11.7. The minimum Gasteiger partial charge on any atom is -0.480 e. The van der Waals surface area contributed by atoms with E-state index in [0.29, 0.717) is 26.2 Å². The van der Waals surface area contributed by atoms with E-state index in [1.54, 1.807) is 11.8 Å². The van der Waals surface area contributed by atoms with E-state index in [9.17, 15) is 9.59 Å². The fraction of sp³-hybridized carbons (Fsp3) is 0.800. The smallest absolute Gasteiger partial charge is 0.317 e. The molecule has 6 heteroatoms. The van der Waals surface area contributed by atoms with Crippen molar-refractivity contribution in [2.24, 2.45) is 0 Å². The average Bonchev–Trinajstić information content (AvgIpc) is 2.27. The van der Waals surface area contributed by atoms with Gasteiger partial charge >= 0.3 is 5.97 Å². The zero-order valence-corrected chi connectivity index (χ0v) is 9.68. The number of nitrogens with zero attached hydrogens (tertiary/aromatic N) is 2. The third-order valence-corrected chi connectivity index (χ3v) is 2.74. The fourth-order valence-electron chi connectivity index (χ4n) is 1.68. The summed E-state index contributed by atoms with van der Waals surface area (Å²) in [5, 5.41) is 8.62. The summed E-state index contributed by atoms with van der Waals surface area (Å²) in [5.41, 5.74) is 0. The summed E-state index contributed by atoms with van der Waals surface area (Å²) in [7, 11) is 1.50. The summed E-state index contributed by atoms with van der Waals surface area (Å²) in [4.78, 5) is 25.8. The van der Waals surface area contributed by atoms with Gasteiger partial charge in [-0.25, -0.2) is 0 Å². The fourth-order valence-corrected chi connectivity index (χ4v) is 1.68. The summed E-state index contributed by atoms with van der Waals surface area (Å²) in [6.45, 7) is 4.11. The molecule has 1 atom stereocenters. The van der Waals surface area contributed by atoms with Crippen molar-refractivity contribution < 1.29 is 19.4 Å². The summed E-state index contributed by atoms with van der Waals surface area (Å²) in [6, 6.07) is 0. The van der Waals surface area contributed by atoms with Crippen LogP contribution in [-0.2, 0) is 14.3 Å². The number of carboxylic acid groups (broad SMARTS) is 1. The molecular formula is C10H18N2O4.